The van der Waals surface area contributed by atoms with E-state index in [0.717, 1.165) is 16.7 Å². The first-order chi connectivity index (χ1) is 14.3. The minimum Gasteiger partial charge on any atom is -0.665 e. The smallest absolute Gasteiger partial charge is 0.665 e. The van der Waals surface area contributed by atoms with Gasteiger partial charge < -0.3 is 4.98 Å². The van der Waals surface area contributed by atoms with Crippen molar-refractivity contribution in [2.75, 3.05) is 0 Å². The quantitative estimate of drug-likeness (QED) is 0.235. The van der Waals surface area contributed by atoms with Crippen LogP contribution in [0, 0.1) is 48.5 Å². The Morgan fingerprint density at radius 2 is 0.677 bits per heavy atom. The van der Waals surface area contributed by atoms with Gasteiger partial charge in [-0.2, -0.15) is 85.2 Å². The average molecular weight is 487 g/mol. The minimum atomic E-state index is 0. The minimum absolute atomic E-state index is 0. The van der Waals surface area contributed by atoms with E-state index < -0.39 is 0 Å². The maximum absolute atomic E-state index is 4.31. The van der Waals surface area contributed by atoms with Gasteiger partial charge >= 0.3 is 26.2 Å². The normalized spacial score (nSPS) is 8.77. The van der Waals surface area contributed by atoms with E-state index in [1.807, 2.05) is 91.0 Å². The molecule has 0 amide bonds. The molecule has 0 spiro atoms. The van der Waals surface area contributed by atoms with Crippen molar-refractivity contribution in [2.45, 2.75) is 27.7 Å². The maximum Gasteiger partial charge on any atom is 4.00 e. The van der Waals surface area contributed by atoms with Gasteiger partial charge in [-0.05, 0) is 13.8 Å². The topological polar surface area (TPSA) is 14.1 Å². The standard InChI is InChI=1S/C8H12N.3C7H7.Zr/c1-5-6(2)8(4)9-7(5)3;3*1-7-5-3-2-4-6-7;/h1-4H3;3*2-6H,1H2;/q4*-1;+4. The Kier molecular flexibility index (Phi) is 14.8. The van der Waals surface area contributed by atoms with Crippen LogP contribution in [0.5, 0.6) is 0 Å². The van der Waals surface area contributed by atoms with E-state index in [2.05, 4.69) is 53.5 Å². The van der Waals surface area contributed by atoms with Gasteiger partial charge in [0.1, 0.15) is 0 Å². The fourth-order valence-electron chi connectivity index (χ4n) is 2.40. The van der Waals surface area contributed by atoms with Crippen LogP contribution >= 0.6 is 0 Å². The number of rotatable bonds is 0. The molecule has 1 nitrogen and oxygen atoms in total. The van der Waals surface area contributed by atoms with Gasteiger partial charge in [0.2, 0.25) is 0 Å². The molecular formula is C29H33NZr. The molecule has 1 aromatic heterocycles. The fourth-order valence-corrected chi connectivity index (χ4v) is 2.40. The Hall–Kier alpha value is -2.57. The fraction of sp³-hybridized carbons (Fsp3) is 0.138. The van der Waals surface area contributed by atoms with Crippen LogP contribution in [0.25, 0.3) is 0 Å². The molecule has 0 fully saturated rings. The molecule has 0 saturated heterocycles. The molecule has 4 rings (SSSR count). The molecule has 4 aromatic rings. The number of nitrogens with zero attached hydrogens (tertiary/aromatic N) is 1. The van der Waals surface area contributed by atoms with Gasteiger partial charge in [-0.25, -0.2) is 0 Å². The van der Waals surface area contributed by atoms with E-state index in [1.54, 1.807) is 0 Å². The van der Waals surface area contributed by atoms with Crippen LogP contribution in [0.2, 0.25) is 0 Å². The number of hydrogen-bond donors (Lipinski definition) is 0. The molecule has 0 aliphatic carbocycles. The first-order valence-corrected chi connectivity index (χ1v) is 9.99. The Bertz CT molecular complexity index is 831. The predicted octanol–water partition coefficient (Wildman–Crippen LogP) is 7.48. The molecule has 3 aromatic carbocycles. The van der Waals surface area contributed by atoms with Gasteiger partial charge in [-0.1, -0.05) is 43.2 Å². The summed E-state index contributed by atoms with van der Waals surface area (Å²) in [4.78, 5) is 4.31. The van der Waals surface area contributed by atoms with Crippen molar-refractivity contribution in [3.05, 3.63) is 151 Å². The van der Waals surface area contributed by atoms with Crippen LogP contribution in [0.3, 0.4) is 0 Å². The zero-order valence-electron chi connectivity index (χ0n) is 19.2. The SMILES string of the molecule is Cc1[n-]c(C)c(C)c1C.[CH2-]c1ccccc1.[CH2-]c1ccccc1.[CH2-]c1ccccc1.[Zr+4]. The van der Waals surface area contributed by atoms with E-state index in [9.17, 15) is 0 Å². The van der Waals surface area contributed by atoms with Crippen molar-refractivity contribution in [2.24, 2.45) is 0 Å². The van der Waals surface area contributed by atoms with E-state index in [0.29, 0.717) is 0 Å². The van der Waals surface area contributed by atoms with Crippen LogP contribution < -0.4 is 4.98 Å². The molecule has 0 N–H and O–H groups in total. The van der Waals surface area contributed by atoms with Gasteiger partial charge in [-0.15, -0.1) is 36.4 Å². The van der Waals surface area contributed by atoms with Crippen molar-refractivity contribution in [1.82, 2.24) is 4.98 Å². The molecule has 0 aliphatic heterocycles. The second-order valence-corrected chi connectivity index (χ2v) is 6.99. The van der Waals surface area contributed by atoms with E-state index in [-0.39, 0.29) is 26.2 Å². The van der Waals surface area contributed by atoms with Gasteiger partial charge in [0.15, 0.2) is 0 Å². The Labute approximate surface area is 209 Å². The summed E-state index contributed by atoms with van der Waals surface area (Å²) in [6.45, 7) is 19.5. The maximum atomic E-state index is 4.31. The molecule has 0 saturated carbocycles. The molecule has 2 heteroatoms. The summed E-state index contributed by atoms with van der Waals surface area (Å²) in [5.74, 6) is 0. The second kappa shape index (κ2) is 16.2. The first-order valence-electron chi connectivity index (χ1n) is 9.99. The van der Waals surface area contributed by atoms with Crippen molar-refractivity contribution in [1.29, 1.82) is 0 Å². The second-order valence-electron chi connectivity index (χ2n) is 6.99. The number of benzene rings is 3. The molecule has 0 aliphatic rings. The summed E-state index contributed by atoms with van der Waals surface area (Å²) in [5.41, 5.74) is 8.24. The van der Waals surface area contributed by atoms with Crippen molar-refractivity contribution >= 4 is 0 Å². The Morgan fingerprint density at radius 3 is 0.774 bits per heavy atom. The zero-order chi connectivity index (χ0) is 22.4. The van der Waals surface area contributed by atoms with Gasteiger partial charge in [-0.3, -0.25) is 0 Å². The predicted molar refractivity (Wildman–Crippen MR) is 131 cm³/mol. The van der Waals surface area contributed by atoms with E-state index in [4.69, 9.17) is 0 Å². The molecular weight excluding hydrogens is 454 g/mol. The third kappa shape index (κ3) is 12.7. The molecule has 0 unspecified atom stereocenters. The first kappa shape index (κ1) is 28.4. The third-order valence-electron chi connectivity index (χ3n) is 4.51. The molecule has 0 radical (unpaired) electrons. The summed E-state index contributed by atoms with van der Waals surface area (Å²) in [5, 5.41) is 0. The Balaban J connectivity index is 0.000000385. The monoisotopic (exact) mass is 485 g/mol. The van der Waals surface area contributed by atoms with Gasteiger partial charge in [0, 0.05) is 0 Å². The van der Waals surface area contributed by atoms with Crippen LogP contribution in [0.1, 0.15) is 39.2 Å². The van der Waals surface area contributed by atoms with Crippen molar-refractivity contribution < 1.29 is 26.2 Å². The summed E-state index contributed by atoms with van der Waals surface area (Å²) in [6.07, 6.45) is 0. The van der Waals surface area contributed by atoms with Crippen LogP contribution in [-0.2, 0) is 26.2 Å². The third-order valence-corrected chi connectivity index (χ3v) is 4.51. The van der Waals surface area contributed by atoms with Gasteiger partial charge in [0.05, 0.1) is 0 Å². The molecule has 158 valence electrons. The molecule has 1 heterocycles. The average Bonchev–Trinajstić information content (AvgIpc) is 2.97. The molecule has 0 bridgehead atoms. The summed E-state index contributed by atoms with van der Waals surface area (Å²) < 4.78 is 0. The van der Waals surface area contributed by atoms with E-state index >= 15 is 0 Å². The number of aromatic nitrogens is 1. The largest absolute Gasteiger partial charge is 4.00 e. The zero-order valence-corrected chi connectivity index (χ0v) is 21.7. The van der Waals surface area contributed by atoms with Crippen molar-refractivity contribution in [3.8, 4) is 0 Å². The van der Waals surface area contributed by atoms with Crippen LogP contribution in [-0.4, -0.2) is 0 Å². The Morgan fingerprint density at radius 1 is 0.452 bits per heavy atom. The molecule has 31 heavy (non-hydrogen) atoms. The summed E-state index contributed by atoms with van der Waals surface area (Å²) >= 11 is 0. The van der Waals surface area contributed by atoms with Gasteiger partial charge in [0.25, 0.3) is 0 Å². The van der Waals surface area contributed by atoms with Crippen LogP contribution in [0.15, 0.2) is 91.0 Å². The van der Waals surface area contributed by atoms with E-state index in [1.165, 1.54) is 22.5 Å². The number of aryl methyl sites for hydroxylation is 2. The van der Waals surface area contributed by atoms with Crippen molar-refractivity contribution in [3.63, 3.8) is 0 Å². The van der Waals surface area contributed by atoms with Crippen LogP contribution in [0.4, 0.5) is 0 Å². The summed E-state index contributed by atoms with van der Waals surface area (Å²) in [7, 11) is 0. The number of hydrogen-bond acceptors (Lipinski definition) is 0. The summed E-state index contributed by atoms with van der Waals surface area (Å²) in [6, 6.07) is 29.6. The molecule has 0 atom stereocenters.